The lowest BCUT2D eigenvalue weighted by atomic mass is 9.93. The summed E-state index contributed by atoms with van der Waals surface area (Å²) in [7, 11) is 0. The Labute approximate surface area is 110 Å². The molecule has 18 heavy (non-hydrogen) atoms. The van der Waals surface area contributed by atoms with Crippen LogP contribution in [0.2, 0.25) is 0 Å². The van der Waals surface area contributed by atoms with Gasteiger partial charge in [-0.25, -0.2) is 0 Å². The molecule has 1 saturated heterocycles. The van der Waals surface area contributed by atoms with Crippen LogP contribution in [0.4, 0.5) is 5.69 Å². The van der Waals surface area contributed by atoms with Crippen LogP contribution < -0.4 is 10.6 Å². The predicted molar refractivity (Wildman–Crippen MR) is 75.7 cm³/mol. The van der Waals surface area contributed by atoms with Gasteiger partial charge in [0.1, 0.15) is 0 Å². The first-order valence-corrected chi connectivity index (χ1v) is 6.85. The summed E-state index contributed by atoms with van der Waals surface area (Å²) in [5.41, 5.74) is 7.96. The van der Waals surface area contributed by atoms with Crippen LogP contribution in [0.1, 0.15) is 44.7 Å². The fourth-order valence-electron chi connectivity index (χ4n) is 2.41. The van der Waals surface area contributed by atoms with E-state index >= 15 is 0 Å². The van der Waals surface area contributed by atoms with E-state index in [1.165, 1.54) is 11.3 Å². The Balaban J connectivity index is 2.02. The molecule has 0 radical (unpaired) electrons. The molecule has 0 aliphatic carbocycles. The highest BCUT2D eigenvalue weighted by molar-refractivity contribution is 5.48. The van der Waals surface area contributed by atoms with Crippen molar-refractivity contribution in [2.75, 3.05) is 18.0 Å². The molecule has 3 N–H and O–H groups in total. The first-order chi connectivity index (χ1) is 8.52. The average molecular weight is 248 g/mol. The van der Waals surface area contributed by atoms with Gasteiger partial charge in [0.05, 0.1) is 5.60 Å². The summed E-state index contributed by atoms with van der Waals surface area (Å²) in [6, 6.07) is 8.67. The molecular weight excluding hydrogens is 224 g/mol. The van der Waals surface area contributed by atoms with E-state index < -0.39 is 5.60 Å². The van der Waals surface area contributed by atoms with Crippen molar-refractivity contribution in [2.45, 2.75) is 44.8 Å². The molecule has 1 aliphatic heterocycles. The first-order valence-electron chi connectivity index (χ1n) is 6.85. The molecule has 1 unspecified atom stereocenters. The highest BCUT2D eigenvalue weighted by Crippen LogP contribution is 2.26. The van der Waals surface area contributed by atoms with Crippen molar-refractivity contribution in [3.05, 3.63) is 29.8 Å². The second kappa shape index (κ2) is 5.29. The van der Waals surface area contributed by atoms with Gasteiger partial charge in [-0.1, -0.05) is 19.1 Å². The number of nitrogens with zero attached hydrogens (tertiary/aromatic N) is 1. The molecule has 100 valence electrons. The van der Waals surface area contributed by atoms with E-state index in [9.17, 15) is 5.11 Å². The van der Waals surface area contributed by atoms with E-state index in [1.54, 1.807) is 0 Å². The summed E-state index contributed by atoms with van der Waals surface area (Å²) < 4.78 is 0. The van der Waals surface area contributed by atoms with E-state index in [0.717, 1.165) is 32.4 Å². The van der Waals surface area contributed by atoms with Gasteiger partial charge in [-0.15, -0.1) is 0 Å². The Morgan fingerprint density at radius 1 is 1.28 bits per heavy atom. The van der Waals surface area contributed by atoms with Crippen molar-refractivity contribution < 1.29 is 5.11 Å². The molecule has 0 bridgehead atoms. The minimum Gasteiger partial charge on any atom is -0.390 e. The Bertz CT molecular complexity index is 376. The molecule has 3 nitrogen and oxygen atoms in total. The van der Waals surface area contributed by atoms with Crippen molar-refractivity contribution in [2.24, 2.45) is 5.73 Å². The second-order valence-electron chi connectivity index (χ2n) is 5.59. The van der Waals surface area contributed by atoms with Crippen molar-refractivity contribution >= 4 is 5.69 Å². The van der Waals surface area contributed by atoms with Gasteiger partial charge in [-0.2, -0.15) is 0 Å². The highest BCUT2D eigenvalue weighted by Gasteiger charge is 2.27. The van der Waals surface area contributed by atoms with Crippen LogP contribution in [0.5, 0.6) is 0 Å². The Hall–Kier alpha value is -1.06. The molecule has 1 atom stereocenters. The zero-order valence-corrected chi connectivity index (χ0v) is 11.4. The van der Waals surface area contributed by atoms with Gasteiger partial charge in [-0.05, 0) is 43.9 Å². The van der Waals surface area contributed by atoms with Gasteiger partial charge in [-0.3, -0.25) is 0 Å². The number of anilines is 1. The van der Waals surface area contributed by atoms with Crippen LogP contribution >= 0.6 is 0 Å². The van der Waals surface area contributed by atoms with Gasteiger partial charge in [0, 0.05) is 24.8 Å². The summed E-state index contributed by atoms with van der Waals surface area (Å²) in [6.45, 7) is 5.87. The molecule has 3 heteroatoms. The third-order valence-electron chi connectivity index (χ3n) is 3.97. The van der Waals surface area contributed by atoms with Crippen LogP contribution in [0.3, 0.4) is 0 Å². The highest BCUT2D eigenvalue weighted by atomic mass is 16.3. The fourth-order valence-corrected chi connectivity index (χ4v) is 2.41. The first kappa shape index (κ1) is 13.4. The summed E-state index contributed by atoms with van der Waals surface area (Å²) in [5, 5.41) is 9.94. The predicted octanol–water partition coefficient (Wildman–Crippen LogP) is 2.45. The topological polar surface area (TPSA) is 49.5 Å². The van der Waals surface area contributed by atoms with Gasteiger partial charge >= 0.3 is 0 Å². The van der Waals surface area contributed by atoms with E-state index in [4.69, 9.17) is 5.73 Å². The minimum absolute atomic E-state index is 0.140. The van der Waals surface area contributed by atoms with Crippen molar-refractivity contribution in [3.8, 4) is 0 Å². The number of rotatable bonds is 3. The van der Waals surface area contributed by atoms with Gasteiger partial charge < -0.3 is 15.7 Å². The maximum absolute atomic E-state index is 9.94. The molecule has 1 heterocycles. The molecule has 1 aromatic rings. The zero-order chi connectivity index (χ0) is 13.2. The summed E-state index contributed by atoms with van der Waals surface area (Å²) in [5.74, 6) is 0. The Kier molecular flexibility index (Phi) is 3.93. The maximum atomic E-state index is 9.94. The molecule has 0 amide bonds. The van der Waals surface area contributed by atoms with Crippen LogP contribution in [0, 0.1) is 0 Å². The normalized spacial score (nSPS) is 20.8. The Morgan fingerprint density at radius 3 is 2.33 bits per heavy atom. The largest absolute Gasteiger partial charge is 0.390 e. The minimum atomic E-state index is -0.485. The van der Waals surface area contributed by atoms with Crippen LogP contribution in [-0.4, -0.2) is 23.8 Å². The van der Waals surface area contributed by atoms with Gasteiger partial charge in [0.15, 0.2) is 0 Å². The molecule has 0 spiro atoms. The van der Waals surface area contributed by atoms with Crippen molar-refractivity contribution in [1.29, 1.82) is 0 Å². The third-order valence-corrected chi connectivity index (χ3v) is 3.97. The van der Waals surface area contributed by atoms with E-state index in [2.05, 4.69) is 36.1 Å². The number of aliphatic hydroxyl groups is 1. The summed E-state index contributed by atoms with van der Waals surface area (Å²) in [6.07, 6.45) is 2.64. The zero-order valence-electron chi connectivity index (χ0n) is 11.4. The fraction of sp³-hybridized carbons (Fsp3) is 0.600. The summed E-state index contributed by atoms with van der Waals surface area (Å²) in [4.78, 5) is 2.33. The lowest BCUT2D eigenvalue weighted by Gasteiger charge is -2.37. The molecular formula is C15H24N2O. The standard InChI is InChI=1S/C15H24N2O/c1-3-14(16)12-4-6-13(7-5-12)17-10-8-15(2,18)9-11-17/h4-7,14,18H,3,8-11,16H2,1-2H3. The number of hydrogen-bond donors (Lipinski definition) is 2. The molecule has 0 aromatic heterocycles. The quantitative estimate of drug-likeness (QED) is 0.864. The van der Waals surface area contributed by atoms with Crippen LogP contribution in [-0.2, 0) is 0 Å². The number of hydrogen-bond acceptors (Lipinski definition) is 3. The number of nitrogens with two attached hydrogens (primary N) is 1. The van der Waals surface area contributed by atoms with E-state index in [0.29, 0.717) is 0 Å². The average Bonchev–Trinajstić information content (AvgIpc) is 2.38. The molecule has 1 fully saturated rings. The lowest BCUT2D eigenvalue weighted by Crippen LogP contribution is -2.42. The molecule has 1 aromatic carbocycles. The number of benzene rings is 1. The van der Waals surface area contributed by atoms with Crippen LogP contribution in [0.15, 0.2) is 24.3 Å². The summed E-state index contributed by atoms with van der Waals surface area (Å²) >= 11 is 0. The molecule has 1 aliphatic rings. The molecule has 0 saturated carbocycles. The second-order valence-corrected chi connectivity index (χ2v) is 5.59. The monoisotopic (exact) mass is 248 g/mol. The maximum Gasteiger partial charge on any atom is 0.0653 e. The third kappa shape index (κ3) is 3.03. The van der Waals surface area contributed by atoms with Crippen molar-refractivity contribution in [3.63, 3.8) is 0 Å². The van der Waals surface area contributed by atoms with E-state index in [1.807, 2.05) is 6.92 Å². The Morgan fingerprint density at radius 2 is 1.83 bits per heavy atom. The SMILES string of the molecule is CCC(N)c1ccc(N2CCC(C)(O)CC2)cc1. The van der Waals surface area contributed by atoms with Gasteiger partial charge in [0.25, 0.3) is 0 Å². The van der Waals surface area contributed by atoms with Crippen molar-refractivity contribution in [1.82, 2.24) is 0 Å². The van der Waals surface area contributed by atoms with Crippen LogP contribution in [0.25, 0.3) is 0 Å². The molecule has 2 rings (SSSR count). The lowest BCUT2D eigenvalue weighted by molar-refractivity contribution is 0.0351. The van der Waals surface area contributed by atoms with E-state index in [-0.39, 0.29) is 6.04 Å². The smallest absolute Gasteiger partial charge is 0.0653 e. The van der Waals surface area contributed by atoms with Gasteiger partial charge in [0.2, 0.25) is 0 Å². The number of piperidine rings is 1.